The number of nitrogens with zero attached hydrogens (tertiary/aromatic N) is 1. The number of carbonyl (C=O) groups is 1. The molecule has 4 nitrogen and oxygen atoms in total. The molecule has 0 radical (unpaired) electrons. The minimum atomic E-state index is 0. The number of amides is 1. The highest BCUT2D eigenvalue weighted by atomic mass is 35.5. The standard InChI is InChI=1S/C14H26N2O2.ClH/c1-16(8-4-12-5-9-18-10-6-12)14(17)11-13-3-2-7-15-13;/h12-13,15H,2-11H2,1H3;1H. The van der Waals surface area contributed by atoms with Gasteiger partial charge < -0.3 is 15.0 Å². The van der Waals surface area contributed by atoms with E-state index < -0.39 is 0 Å². The Morgan fingerprint density at radius 3 is 2.68 bits per heavy atom. The van der Waals surface area contributed by atoms with Gasteiger partial charge in [0.25, 0.3) is 0 Å². The van der Waals surface area contributed by atoms with Crippen LogP contribution in [0.2, 0.25) is 0 Å². The molecule has 112 valence electrons. The number of halogens is 1. The second kappa shape index (κ2) is 8.77. The van der Waals surface area contributed by atoms with Gasteiger partial charge in [0.05, 0.1) is 0 Å². The van der Waals surface area contributed by atoms with E-state index in [1.54, 1.807) is 0 Å². The molecule has 2 fully saturated rings. The fourth-order valence-corrected chi connectivity index (χ4v) is 2.83. The van der Waals surface area contributed by atoms with E-state index in [4.69, 9.17) is 4.74 Å². The zero-order valence-corrected chi connectivity index (χ0v) is 12.7. The first-order valence-electron chi connectivity index (χ1n) is 7.31. The van der Waals surface area contributed by atoms with Gasteiger partial charge in [0.15, 0.2) is 0 Å². The molecule has 1 N–H and O–H groups in total. The SMILES string of the molecule is CN(CCC1CCOCC1)C(=O)CC1CCCN1.Cl. The molecule has 0 bridgehead atoms. The van der Waals surface area contributed by atoms with Gasteiger partial charge in [0.1, 0.15) is 0 Å². The van der Waals surface area contributed by atoms with Crippen LogP contribution in [-0.2, 0) is 9.53 Å². The summed E-state index contributed by atoms with van der Waals surface area (Å²) < 4.78 is 5.35. The predicted octanol–water partition coefficient (Wildman–Crippen LogP) is 1.83. The second-order valence-electron chi connectivity index (χ2n) is 5.66. The highest BCUT2D eigenvalue weighted by Crippen LogP contribution is 2.19. The lowest BCUT2D eigenvalue weighted by Gasteiger charge is -2.25. The molecule has 0 spiro atoms. The summed E-state index contributed by atoms with van der Waals surface area (Å²) in [4.78, 5) is 13.9. The third-order valence-electron chi connectivity index (χ3n) is 4.22. The maximum Gasteiger partial charge on any atom is 0.223 e. The summed E-state index contributed by atoms with van der Waals surface area (Å²) in [6.45, 7) is 3.77. The number of carbonyl (C=O) groups excluding carboxylic acids is 1. The highest BCUT2D eigenvalue weighted by molar-refractivity contribution is 5.85. The van der Waals surface area contributed by atoms with Crippen molar-refractivity contribution < 1.29 is 9.53 Å². The van der Waals surface area contributed by atoms with Crippen molar-refractivity contribution in [2.24, 2.45) is 5.92 Å². The van der Waals surface area contributed by atoms with Gasteiger partial charge in [-0.1, -0.05) is 0 Å². The normalized spacial score (nSPS) is 23.9. The number of nitrogens with one attached hydrogen (secondary N) is 1. The summed E-state index contributed by atoms with van der Waals surface area (Å²) in [5, 5.41) is 3.38. The van der Waals surface area contributed by atoms with Crippen molar-refractivity contribution in [2.45, 2.75) is 44.6 Å². The van der Waals surface area contributed by atoms with Crippen molar-refractivity contribution in [3.63, 3.8) is 0 Å². The van der Waals surface area contributed by atoms with Crippen LogP contribution in [0.1, 0.15) is 38.5 Å². The van der Waals surface area contributed by atoms with Crippen LogP contribution in [0, 0.1) is 5.92 Å². The third kappa shape index (κ3) is 5.67. The summed E-state index contributed by atoms with van der Waals surface area (Å²) >= 11 is 0. The largest absolute Gasteiger partial charge is 0.381 e. The molecule has 1 unspecified atom stereocenters. The summed E-state index contributed by atoms with van der Waals surface area (Å²) in [5.41, 5.74) is 0. The molecule has 5 heteroatoms. The lowest BCUT2D eigenvalue weighted by Crippen LogP contribution is -2.34. The quantitative estimate of drug-likeness (QED) is 0.840. The first-order chi connectivity index (χ1) is 8.75. The summed E-state index contributed by atoms with van der Waals surface area (Å²) in [6, 6.07) is 0.419. The number of ether oxygens (including phenoxy) is 1. The summed E-state index contributed by atoms with van der Waals surface area (Å²) in [7, 11) is 1.94. The second-order valence-corrected chi connectivity index (χ2v) is 5.66. The zero-order chi connectivity index (χ0) is 12.8. The van der Waals surface area contributed by atoms with Crippen molar-refractivity contribution >= 4 is 18.3 Å². The van der Waals surface area contributed by atoms with Crippen molar-refractivity contribution in [1.29, 1.82) is 0 Å². The molecule has 19 heavy (non-hydrogen) atoms. The maximum atomic E-state index is 12.0. The third-order valence-corrected chi connectivity index (χ3v) is 4.22. The molecule has 2 rings (SSSR count). The molecule has 2 aliphatic rings. The van der Waals surface area contributed by atoms with E-state index in [1.807, 2.05) is 11.9 Å². The molecule has 2 heterocycles. The molecular formula is C14H27ClN2O2. The summed E-state index contributed by atoms with van der Waals surface area (Å²) in [5.74, 6) is 1.04. The van der Waals surface area contributed by atoms with E-state index in [0.717, 1.165) is 57.9 Å². The molecule has 0 saturated carbocycles. The van der Waals surface area contributed by atoms with Gasteiger partial charge in [0, 0.05) is 39.3 Å². The minimum absolute atomic E-state index is 0. The Hall–Kier alpha value is -0.320. The van der Waals surface area contributed by atoms with Gasteiger partial charge in [0.2, 0.25) is 5.91 Å². The van der Waals surface area contributed by atoms with Crippen LogP contribution < -0.4 is 5.32 Å². The zero-order valence-electron chi connectivity index (χ0n) is 11.9. The van der Waals surface area contributed by atoms with E-state index in [1.165, 1.54) is 6.42 Å². The van der Waals surface area contributed by atoms with Gasteiger partial charge in [-0.25, -0.2) is 0 Å². The molecule has 2 saturated heterocycles. The van der Waals surface area contributed by atoms with E-state index in [-0.39, 0.29) is 12.4 Å². The Kier molecular flexibility index (Phi) is 7.73. The monoisotopic (exact) mass is 290 g/mol. The fourth-order valence-electron chi connectivity index (χ4n) is 2.83. The van der Waals surface area contributed by atoms with E-state index in [9.17, 15) is 4.79 Å². The van der Waals surface area contributed by atoms with Crippen LogP contribution in [0.25, 0.3) is 0 Å². The van der Waals surface area contributed by atoms with Crippen LogP contribution in [-0.4, -0.2) is 50.2 Å². The van der Waals surface area contributed by atoms with Crippen molar-refractivity contribution in [2.75, 3.05) is 33.4 Å². The molecule has 0 aromatic rings. The number of rotatable bonds is 5. The molecule has 1 atom stereocenters. The molecule has 0 aliphatic carbocycles. The van der Waals surface area contributed by atoms with E-state index in [0.29, 0.717) is 18.4 Å². The highest BCUT2D eigenvalue weighted by Gasteiger charge is 2.21. The Morgan fingerprint density at radius 2 is 2.05 bits per heavy atom. The Balaban J connectivity index is 0.00000180. The van der Waals surface area contributed by atoms with Gasteiger partial charge in [-0.15, -0.1) is 12.4 Å². The molecular weight excluding hydrogens is 264 g/mol. The van der Waals surface area contributed by atoms with Crippen LogP contribution in [0.15, 0.2) is 0 Å². The molecule has 0 aromatic carbocycles. The topological polar surface area (TPSA) is 41.6 Å². The lowest BCUT2D eigenvalue weighted by atomic mass is 9.96. The average Bonchev–Trinajstić information content (AvgIpc) is 2.90. The van der Waals surface area contributed by atoms with Gasteiger partial charge >= 0.3 is 0 Å². The molecule has 2 aliphatic heterocycles. The van der Waals surface area contributed by atoms with Crippen LogP contribution in [0.3, 0.4) is 0 Å². The van der Waals surface area contributed by atoms with Crippen molar-refractivity contribution in [3.8, 4) is 0 Å². The Morgan fingerprint density at radius 1 is 1.32 bits per heavy atom. The van der Waals surface area contributed by atoms with E-state index >= 15 is 0 Å². The van der Waals surface area contributed by atoms with Gasteiger partial charge in [-0.3, -0.25) is 4.79 Å². The van der Waals surface area contributed by atoms with Gasteiger partial charge in [-0.2, -0.15) is 0 Å². The van der Waals surface area contributed by atoms with Crippen LogP contribution in [0.4, 0.5) is 0 Å². The first kappa shape index (κ1) is 16.7. The average molecular weight is 291 g/mol. The van der Waals surface area contributed by atoms with E-state index in [2.05, 4.69) is 5.32 Å². The Labute approximate surface area is 122 Å². The van der Waals surface area contributed by atoms with Gasteiger partial charge in [-0.05, 0) is 44.6 Å². The predicted molar refractivity (Wildman–Crippen MR) is 78.7 cm³/mol. The molecule has 0 aromatic heterocycles. The summed E-state index contributed by atoms with van der Waals surface area (Å²) in [6.07, 6.45) is 6.48. The first-order valence-corrected chi connectivity index (χ1v) is 7.31. The van der Waals surface area contributed by atoms with Crippen molar-refractivity contribution in [3.05, 3.63) is 0 Å². The fraction of sp³-hybridized carbons (Fsp3) is 0.929. The maximum absolute atomic E-state index is 12.0. The number of hydrogen-bond acceptors (Lipinski definition) is 3. The molecule has 1 amide bonds. The Bertz CT molecular complexity index is 264. The van der Waals surface area contributed by atoms with Crippen LogP contribution in [0.5, 0.6) is 0 Å². The van der Waals surface area contributed by atoms with Crippen LogP contribution >= 0.6 is 12.4 Å². The van der Waals surface area contributed by atoms with Crippen molar-refractivity contribution in [1.82, 2.24) is 10.2 Å². The smallest absolute Gasteiger partial charge is 0.223 e. The lowest BCUT2D eigenvalue weighted by molar-refractivity contribution is -0.130. The minimum Gasteiger partial charge on any atom is -0.381 e. The number of hydrogen-bond donors (Lipinski definition) is 1.